The standard InChI is InChI=1S/C16H34.C15H32.C14H30.C13H28.C9H20/c1-15(2,3)13-11-9-7-8-10-12-14-16(4,5)6;1-14(2,3)12-10-8-7-9-11-13-15(4,5)6;1-13(2,3)11-9-7-8-10-12-14(4,5)6;1-12(2,3)10-8-7-9-11-13(4,5)6;1-8(2,3)7-9(4,5)6/h7-14H2,1-6H3;7-13H2,1-6H3;7-12H2,1-6H3;7-11H2,1-6H3;7H2,1-6H3. The van der Waals surface area contributed by atoms with Gasteiger partial charge in [-0.25, -0.2) is 0 Å². The third-order valence-corrected chi connectivity index (χ3v) is 12.0. The van der Waals surface area contributed by atoms with Crippen molar-refractivity contribution < 1.29 is 0 Å². The molecule has 0 saturated carbocycles. The molecule has 0 heterocycles. The Kier molecular flexibility index (Phi) is 41.7. The SMILES string of the molecule is CC(C)(C)CC(C)(C)C.CC(C)(C)CCCCCC(C)(C)C.CC(C)(C)CCCCCCC(C)(C)C.CC(C)(C)CCCCCCCC(C)(C)C.CC(C)(C)CCCCCCCCC(C)(C)C. The van der Waals surface area contributed by atoms with Crippen LogP contribution in [0.15, 0.2) is 0 Å². The molecule has 0 aromatic rings. The van der Waals surface area contributed by atoms with E-state index in [9.17, 15) is 0 Å². The van der Waals surface area contributed by atoms with E-state index in [1.165, 1.54) is 173 Å². The highest BCUT2D eigenvalue weighted by atomic mass is 14.3. The van der Waals surface area contributed by atoms with Crippen LogP contribution in [0, 0.1) is 54.1 Å². The zero-order valence-electron chi connectivity index (χ0n) is 54.1. The molecular formula is C67H144. The Morgan fingerprint density at radius 1 is 0.119 bits per heavy atom. The van der Waals surface area contributed by atoms with Crippen LogP contribution in [0.3, 0.4) is 0 Å². The molecule has 0 radical (unpaired) electrons. The van der Waals surface area contributed by atoms with Crippen LogP contribution in [0.2, 0.25) is 0 Å². The first-order valence-electron chi connectivity index (χ1n) is 29.5. The fourth-order valence-corrected chi connectivity index (χ4v) is 8.60. The summed E-state index contributed by atoms with van der Waals surface area (Å²) < 4.78 is 0. The van der Waals surface area contributed by atoms with Crippen molar-refractivity contribution in [1.29, 1.82) is 0 Å². The van der Waals surface area contributed by atoms with Gasteiger partial charge in [0.2, 0.25) is 0 Å². The minimum absolute atomic E-state index is 0.484. The van der Waals surface area contributed by atoms with E-state index in [0.29, 0.717) is 54.1 Å². The van der Waals surface area contributed by atoms with Crippen LogP contribution < -0.4 is 0 Å². The molecule has 0 N–H and O–H groups in total. The predicted octanol–water partition coefficient (Wildman–Crippen LogP) is 25.9. The molecule has 0 aromatic carbocycles. The molecule has 0 aliphatic heterocycles. The summed E-state index contributed by atoms with van der Waals surface area (Å²) in [6, 6.07) is 0. The van der Waals surface area contributed by atoms with Gasteiger partial charge in [0.25, 0.3) is 0 Å². The summed E-state index contributed by atoms with van der Waals surface area (Å²) in [7, 11) is 0. The molecule has 412 valence electrons. The Hall–Kier alpha value is 0. The Morgan fingerprint density at radius 3 is 0.284 bits per heavy atom. The third kappa shape index (κ3) is 100.0. The lowest BCUT2D eigenvalue weighted by atomic mass is 9.78. The maximum absolute atomic E-state index is 2.34. The van der Waals surface area contributed by atoms with E-state index in [1.54, 1.807) is 0 Å². The molecular weight excluding hydrogens is 805 g/mol. The molecule has 0 heteroatoms. The lowest BCUT2D eigenvalue weighted by Gasteiger charge is -2.28. The first-order chi connectivity index (χ1) is 29.5. The average Bonchev–Trinajstić information content (AvgIpc) is 3.02. The molecule has 0 saturated heterocycles. The minimum Gasteiger partial charge on any atom is -0.0602 e. The van der Waals surface area contributed by atoms with Gasteiger partial charge in [-0.15, -0.1) is 0 Å². The summed E-state index contributed by atoms with van der Waals surface area (Å²) in [6.07, 6.45) is 37.9. The van der Waals surface area contributed by atoms with Gasteiger partial charge < -0.3 is 0 Å². The topological polar surface area (TPSA) is 0 Å². The van der Waals surface area contributed by atoms with E-state index < -0.39 is 0 Å². The lowest BCUT2D eigenvalue weighted by Crippen LogP contribution is -2.16. The Labute approximate surface area is 433 Å². The highest BCUT2D eigenvalue weighted by Gasteiger charge is 2.20. The van der Waals surface area contributed by atoms with Crippen LogP contribution in [0.1, 0.15) is 381 Å². The summed E-state index contributed by atoms with van der Waals surface area (Å²) in [5.41, 5.74) is 5.23. The van der Waals surface area contributed by atoms with E-state index in [1.807, 2.05) is 0 Å². The molecule has 0 rings (SSSR count). The number of hydrogen-bond donors (Lipinski definition) is 0. The van der Waals surface area contributed by atoms with Crippen molar-refractivity contribution in [3.63, 3.8) is 0 Å². The predicted molar refractivity (Wildman–Crippen MR) is 319 cm³/mol. The maximum Gasteiger partial charge on any atom is -0.0378 e. The van der Waals surface area contributed by atoms with E-state index in [0.717, 1.165) is 0 Å². The Balaban J connectivity index is -0.000000242. The van der Waals surface area contributed by atoms with Gasteiger partial charge in [-0.1, -0.05) is 323 Å². The largest absolute Gasteiger partial charge is 0.0602 e. The summed E-state index contributed by atoms with van der Waals surface area (Å²) in [4.78, 5) is 0. The van der Waals surface area contributed by atoms with Crippen LogP contribution >= 0.6 is 0 Å². The van der Waals surface area contributed by atoms with Crippen molar-refractivity contribution in [3.8, 4) is 0 Å². The highest BCUT2D eigenvalue weighted by molar-refractivity contribution is 4.72. The summed E-state index contributed by atoms with van der Waals surface area (Å²) >= 11 is 0. The summed E-state index contributed by atoms with van der Waals surface area (Å²) in [5, 5.41) is 0. The fourth-order valence-electron chi connectivity index (χ4n) is 8.60. The molecule has 67 heavy (non-hydrogen) atoms. The molecule has 0 atom stereocenters. The molecule has 0 amide bonds. The van der Waals surface area contributed by atoms with Crippen molar-refractivity contribution >= 4 is 0 Å². The molecule has 0 aliphatic carbocycles. The molecule has 0 unspecified atom stereocenters. The molecule has 0 bridgehead atoms. The van der Waals surface area contributed by atoms with E-state index >= 15 is 0 Å². The summed E-state index contributed by atoms with van der Waals surface area (Å²) in [6.45, 7) is 69.8. The van der Waals surface area contributed by atoms with Crippen LogP contribution in [0.5, 0.6) is 0 Å². The van der Waals surface area contributed by atoms with Gasteiger partial charge >= 0.3 is 0 Å². The van der Waals surface area contributed by atoms with Crippen LogP contribution in [-0.4, -0.2) is 0 Å². The highest BCUT2D eigenvalue weighted by Crippen LogP contribution is 2.32. The molecule has 0 spiro atoms. The van der Waals surface area contributed by atoms with Gasteiger partial charge in [-0.05, 0) is 112 Å². The second kappa shape index (κ2) is 36.8. The van der Waals surface area contributed by atoms with Gasteiger partial charge in [0.15, 0.2) is 0 Å². The van der Waals surface area contributed by atoms with Crippen molar-refractivity contribution in [1.82, 2.24) is 0 Å². The molecule has 0 fully saturated rings. The van der Waals surface area contributed by atoms with Gasteiger partial charge in [0.1, 0.15) is 0 Å². The first-order valence-corrected chi connectivity index (χ1v) is 29.5. The number of rotatable bonds is 22. The molecule has 0 nitrogen and oxygen atoms in total. The number of unbranched alkanes of at least 4 members (excludes halogenated alkanes) is 14. The smallest absolute Gasteiger partial charge is 0.0378 e. The van der Waals surface area contributed by atoms with Gasteiger partial charge in [0, 0.05) is 0 Å². The second-order valence-electron chi connectivity index (χ2n) is 34.1. The van der Waals surface area contributed by atoms with Crippen LogP contribution in [0.4, 0.5) is 0 Å². The molecule has 0 aromatic heterocycles. The Bertz CT molecular complexity index is 942. The van der Waals surface area contributed by atoms with Gasteiger partial charge in [-0.2, -0.15) is 0 Å². The maximum atomic E-state index is 2.34. The second-order valence-corrected chi connectivity index (χ2v) is 34.1. The normalized spacial score (nSPS) is 13.3. The fraction of sp³-hybridized carbons (Fsp3) is 1.00. The van der Waals surface area contributed by atoms with Crippen molar-refractivity contribution in [2.75, 3.05) is 0 Å². The van der Waals surface area contributed by atoms with E-state index in [-0.39, 0.29) is 0 Å². The lowest BCUT2D eigenvalue weighted by molar-refractivity contribution is 0.233. The zero-order valence-corrected chi connectivity index (χ0v) is 54.1. The quantitative estimate of drug-likeness (QED) is 0.0949. The zero-order chi connectivity index (χ0) is 54.1. The van der Waals surface area contributed by atoms with Crippen LogP contribution in [-0.2, 0) is 0 Å². The monoisotopic (exact) mass is 949 g/mol. The van der Waals surface area contributed by atoms with E-state index in [4.69, 9.17) is 0 Å². The number of hydrogen-bond acceptors (Lipinski definition) is 0. The Morgan fingerprint density at radius 2 is 0.209 bits per heavy atom. The van der Waals surface area contributed by atoms with Crippen molar-refractivity contribution in [3.05, 3.63) is 0 Å². The van der Waals surface area contributed by atoms with Crippen LogP contribution in [0.25, 0.3) is 0 Å². The minimum atomic E-state index is 0.484. The molecule has 0 aliphatic rings. The van der Waals surface area contributed by atoms with Crippen molar-refractivity contribution in [2.24, 2.45) is 54.1 Å². The van der Waals surface area contributed by atoms with E-state index in [2.05, 4.69) is 208 Å². The summed E-state index contributed by atoms with van der Waals surface area (Å²) in [5.74, 6) is 0. The van der Waals surface area contributed by atoms with Crippen molar-refractivity contribution in [2.45, 2.75) is 381 Å². The first kappa shape index (κ1) is 75.9. The third-order valence-electron chi connectivity index (χ3n) is 12.0. The average molecular weight is 950 g/mol. The van der Waals surface area contributed by atoms with Gasteiger partial charge in [-0.3, -0.25) is 0 Å². The van der Waals surface area contributed by atoms with Gasteiger partial charge in [0.05, 0.1) is 0 Å².